The Labute approximate surface area is 104 Å². The fourth-order valence-electron chi connectivity index (χ4n) is 2.24. The Balaban J connectivity index is 2.15. The van der Waals surface area contributed by atoms with Gasteiger partial charge in [0.2, 0.25) is 0 Å². The SMILES string of the molecule is CC1CNC(C)(Cc2cccc(C(F)(F)F)c2)O1. The van der Waals surface area contributed by atoms with Crippen LogP contribution in [0.5, 0.6) is 0 Å². The predicted octanol–water partition coefficient (Wildman–Crippen LogP) is 2.97. The highest BCUT2D eigenvalue weighted by Gasteiger charge is 2.35. The van der Waals surface area contributed by atoms with E-state index in [9.17, 15) is 13.2 Å². The second-order valence-corrected chi connectivity index (χ2v) is 4.92. The summed E-state index contributed by atoms with van der Waals surface area (Å²) in [6.45, 7) is 4.51. The molecule has 0 radical (unpaired) electrons. The second kappa shape index (κ2) is 4.55. The molecule has 1 N–H and O–H groups in total. The molecular formula is C13H16F3NO. The average molecular weight is 259 g/mol. The monoisotopic (exact) mass is 259 g/mol. The van der Waals surface area contributed by atoms with E-state index in [0.717, 1.165) is 12.6 Å². The molecule has 1 aliphatic heterocycles. The van der Waals surface area contributed by atoms with Crippen molar-refractivity contribution in [2.45, 2.75) is 38.3 Å². The molecule has 1 heterocycles. The van der Waals surface area contributed by atoms with Crippen LogP contribution >= 0.6 is 0 Å². The van der Waals surface area contributed by atoms with Gasteiger partial charge in [-0.25, -0.2) is 0 Å². The third-order valence-corrected chi connectivity index (χ3v) is 3.02. The van der Waals surface area contributed by atoms with Crippen LogP contribution in [-0.2, 0) is 17.3 Å². The lowest BCUT2D eigenvalue weighted by atomic mass is 10.0. The molecule has 2 rings (SSSR count). The zero-order chi connectivity index (χ0) is 13.4. The summed E-state index contributed by atoms with van der Waals surface area (Å²) < 4.78 is 43.5. The summed E-state index contributed by atoms with van der Waals surface area (Å²) in [5, 5.41) is 3.19. The normalized spacial score (nSPS) is 28.6. The van der Waals surface area contributed by atoms with Crippen molar-refractivity contribution in [1.29, 1.82) is 0 Å². The minimum atomic E-state index is -4.30. The number of nitrogens with one attached hydrogen (secondary N) is 1. The number of benzene rings is 1. The molecule has 18 heavy (non-hydrogen) atoms. The average Bonchev–Trinajstić information content (AvgIpc) is 2.57. The zero-order valence-electron chi connectivity index (χ0n) is 10.3. The van der Waals surface area contributed by atoms with E-state index in [-0.39, 0.29) is 6.10 Å². The van der Waals surface area contributed by atoms with E-state index < -0.39 is 17.5 Å². The first kappa shape index (κ1) is 13.4. The Morgan fingerprint density at radius 3 is 2.72 bits per heavy atom. The summed E-state index contributed by atoms with van der Waals surface area (Å²) in [7, 11) is 0. The predicted molar refractivity (Wildman–Crippen MR) is 62.1 cm³/mol. The molecule has 0 amide bonds. The molecule has 1 aliphatic rings. The first-order chi connectivity index (χ1) is 8.28. The van der Waals surface area contributed by atoms with Gasteiger partial charge in [-0.1, -0.05) is 18.2 Å². The summed E-state index contributed by atoms with van der Waals surface area (Å²) in [5.41, 5.74) is -0.576. The summed E-state index contributed by atoms with van der Waals surface area (Å²) in [4.78, 5) is 0. The van der Waals surface area contributed by atoms with E-state index in [1.54, 1.807) is 6.07 Å². The highest BCUT2D eigenvalue weighted by Crippen LogP contribution is 2.30. The molecule has 2 nitrogen and oxygen atoms in total. The maximum Gasteiger partial charge on any atom is 0.416 e. The quantitative estimate of drug-likeness (QED) is 0.881. The van der Waals surface area contributed by atoms with Gasteiger partial charge in [0.05, 0.1) is 11.7 Å². The van der Waals surface area contributed by atoms with Gasteiger partial charge in [-0.3, -0.25) is 5.32 Å². The van der Waals surface area contributed by atoms with Crippen molar-refractivity contribution in [1.82, 2.24) is 5.32 Å². The van der Waals surface area contributed by atoms with Crippen LogP contribution in [0, 0.1) is 0 Å². The van der Waals surface area contributed by atoms with Crippen molar-refractivity contribution in [2.75, 3.05) is 6.54 Å². The zero-order valence-corrected chi connectivity index (χ0v) is 10.3. The van der Waals surface area contributed by atoms with Crippen LogP contribution in [0.1, 0.15) is 25.0 Å². The molecule has 0 aliphatic carbocycles. The molecule has 2 atom stereocenters. The van der Waals surface area contributed by atoms with Gasteiger partial charge in [0, 0.05) is 13.0 Å². The number of rotatable bonds is 2. The Morgan fingerprint density at radius 2 is 2.17 bits per heavy atom. The topological polar surface area (TPSA) is 21.3 Å². The van der Waals surface area contributed by atoms with Gasteiger partial charge in [0.25, 0.3) is 0 Å². The standard InChI is InChI=1S/C13H16F3NO/c1-9-8-17-12(2,18-9)7-10-4-3-5-11(6-10)13(14,15)16/h3-6,9,17H,7-8H2,1-2H3. The van der Waals surface area contributed by atoms with E-state index in [0.29, 0.717) is 12.0 Å². The Kier molecular flexibility index (Phi) is 3.38. The van der Waals surface area contributed by atoms with Crippen molar-refractivity contribution in [3.63, 3.8) is 0 Å². The maximum absolute atomic E-state index is 12.6. The summed E-state index contributed by atoms with van der Waals surface area (Å²) in [6.07, 6.45) is -3.80. The van der Waals surface area contributed by atoms with Gasteiger partial charge in [0.1, 0.15) is 5.72 Å². The second-order valence-electron chi connectivity index (χ2n) is 4.92. The van der Waals surface area contributed by atoms with Crippen LogP contribution in [0.3, 0.4) is 0 Å². The number of hydrogen-bond acceptors (Lipinski definition) is 2. The molecule has 1 saturated heterocycles. The van der Waals surface area contributed by atoms with Crippen molar-refractivity contribution < 1.29 is 17.9 Å². The minimum absolute atomic E-state index is 0.0841. The summed E-state index contributed by atoms with van der Waals surface area (Å²) >= 11 is 0. The Hall–Kier alpha value is -1.07. The Morgan fingerprint density at radius 1 is 1.44 bits per heavy atom. The largest absolute Gasteiger partial charge is 0.416 e. The molecule has 0 saturated carbocycles. The number of halogens is 3. The van der Waals surface area contributed by atoms with Gasteiger partial charge in [-0.15, -0.1) is 0 Å². The molecule has 0 aromatic heterocycles. The molecule has 1 aromatic carbocycles. The van der Waals surface area contributed by atoms with Gasteiger partial charge >= 0.3 is 6.18 Å². The lowest BCUT2D eigenvalue weighted by Gasteiger charge is -2.24. The number of alkyl halides is 3. The van der Waals surface area contributed by atoms with Crippen LogP contribution in [-0.4, -0.2) is 18.4 Å². The smallest absolute Gasteiger partial charge is 0.356 e. The molecule has 1 fully saturated rings. The van der Waals surface area contributed by atoms with Crippen molar-refractivity contribution in [3.05, 3.63) is 35.4 Å². The number of ether oxygens (including phenoxy) is 1. The third-order valence-electron chi connectivity index (χ3n) is 3.02. The lowest BCUT2D eigenvalue weighted by Crippen LogP contribution is -2.39. The maximum atomic E-state index is 12.6. The van der Waals surface area contributed by atoms with Gasteiger partial charge < -0.3 is 4.74 Å². The summed E-state index contributed by atoms with van der Waals surface area (Å²) in [5.74, 6) is 0. The van der Waals surface area contributed by atoms with Gasteiger partial charge in [-0.2, -0.15) is 13.2 Å². The van der Waals surface area contributed by atoms with Crippen LogP contribution in [0.2, 0.25) is 0 Å². The lowest BCUT2D eigenvalue weighted by molar-refractivity contribution is -0.137. The molecule has 0 spiro atoms. The molecular weight excluding hydrogens is 243 g/mol. The van der Waals surface area contributed by atoms with Crippen LogP contribution in [0.25, 0.3) is 0 Å². The van der Waals surface area contributed by atoms with E-state index >= 15 is 0 Å². The third kappa shape index (κ3) is 3.03. The summed E-state index contributed by atoms with van der Waals surface area (Å²) in [6, 6.07) is 5.38. The fourth-order valence-corrected chi connectivity index (χ4v) is 2.24. The van der Waals surface area contributed by atoms with Crippen LogP contribution in [0.15, 0.2) is 24.3 Å². The molecule has 0 bridgehead atoms. The Bertz CT molecular complexity index is 432. The van der Waals surface area contributed by atoms with Gasteiger partial charge in [0.15, 0.2) is 0 Å². The van der Waals surface area contributed by atoms with E-state index in [1.165, 1.54) is 12.1 Å². The van der Waals surface area contributed by atoms with Crippen molar-refractivity contribution >= 4 is 0 Å². The van der Waals surface area contributed by atoms with Crippen LogP contribution in [0.4, 0.5) is 13.2 Å². The first-order valence-electron chi connectivity index (χ1n) is 5.87. The minimum Gasteiger partial charge on any atom is -0.356 e. The van der Waals surface area contributed by atoms with Crippen LogP contribution < -0.4 is 5.32 Å². The highest BCUT2D eigenvalue weighted by molar-refractivity contribution is 5.26. The van der Waals surface area contributed by atoms with Crippen molar-refractivity contribution in [2.24, 2.45) is 0 Å². The van der Waals surface area contributed by atoms with Gasteiger partial charge in [-0.05, 0) is 25.5 Å². The molecule has 1 aromatic rings. The van der Waals surface area contributed by atoms with E-state index in [2.05, 4.69) is 5.32 Å². The molecule has 5 heteroatoms. The van der Waals surface area contributed by atoms with Crippen molar-refractivity contribution in [3.8, 4) is 0 Å². The van der Waals surface area contributed by atoms with E-state index in [1.807, 2.05) is 13.8 Å². The number of hydrogen-bond donors (Lipinski definition) is 1. The molecule has 2 unspecified atom stereocenters. The van der Waals surface area contributed by atoms with E-state index in [4.69, 9.17) is 4.74 Å². The fraction of sp³-hybridized carbons (Fsp3) is 0.538. The molecule has 100 valence electrons. The first-order valence-corrected chi connectivity index (χ1v) is 5.87. The highest BCUT2D eigenvalue weighted by atomic mass is 19.4.